The van der Waals surface area contributed by atoms with Gasteiger partial charge in [-0.15, -0.1) is 0 Å². The van der Waals surface area contributed by atoms with Crippen LogP contribution < -0.4 is 5.32 Å². The van der Waals surface area contributed by atoms with Crippen LogP contribution >= 0.6 is 11.8 Å². The van der Waals surface area contributed by atoms with Crippen LogP contribution in [0, 0.1) is 11.8 Å². The highest BCUT2D eigenvalue weighted by atomic mass is 32.2. The molecular formula is C19H24F2N2OS. The average molecular weight is 366 g/mol. The molecule has 3 atom stereocenters. The smallest absolute Gasteiger partial charge is 0.254 e. The second-order valence-electron chi connectivity index (χ2n) is 7.46. The standard InChI is InChI=1S/C19H24F2N2OS/c20-19(21)16-6-5-15(11-17(16)19)22-18(24)14-3-1-13(2-4-14)12-23-7-9-25-10-8-23/h1-4,15-17H,5-12H2,(H,22,24). The predicted octanol–water partition coefficient (Wildman–Crippen LogP) is 3.40. The number of alkyl halides is 2. The van der Waals surface area contributed by atoms with Crippen LogP contribution in [0.15, 0.2) is 24.3 Å². The van der Waals surface area contributed by atoms with Gasteiger partial charge in [0.25, 0.3) is 11.8 Å². The minimum absolute atomic E-state index is 0.118. The molecule has 4 rings (SSSR count). The first-order valence-electron chi connectivity index (χ1n) is 9.12. The number of hydrogen-bond acceptors (Lipinski definition) is 3. The lowest BCUT2D eigenvalue weighted by Gasteiger charge is -2.26. The molecule has 1 saturated heterocycles. The van der Waals surface area contributed by atoms with Gasteiger partial charge in [0.05, 0.1) is 0 Å². The maximum absolute atomic E-state index is 13.5. The summed E-state index contributed by atoms with van der Waals surface area (Å²) in [5.41, 5.74) is 1.82. The van der Waals surface area contributed by atoms with E-state index in [1.807, 2.05) is 36.0 Å². The molecule has 2 saturated carbocycles. The van der Waals surface area contributed by atoms with Gasteiger partial charge in [0.2, 0.25) is 0 Å². The van der Waals surface area contributed by atoms with E-state index in [2.05, 4.69) is 10.2 Å². The number of carbonyl (C=O) groups is 1. The van der Waals surface area contributed by atoms with Gasteiger partial charge in [0.15, 0.2) is 0 Å². The van der Waals surface area contributed by atoms with Crippen molar-refractivity contribution >= 4 is 17.7 Å². The molecule has 1 aromatic rings. The summed E-state index contributed by atoms with van der Waals surface area (Å²) in [6.07, 6.45) is 1.59. The Balaban J connectivity index is 1.30. The molecule has 1 aliphatic heterocycles. The van der Waals surface area contributed by atoms with Gasteiger partial charge in [-0.2, -0.15) is 11.8 Å². The van der Waals surface area contributed by atoms with Gasteiger partial charge in [0, 0.05) is 54.6 Å². The first-order valence-corrected chi connectivity index (χ1v) is 10.3. The van der Waals surface area contributed by atoms with E-state index in [-0.39, 0.29) is 11.9 Å². The van der Waals surface area contributed by atoms with E-state index < -0.39 is 17.8 Å². The van der Waals surface area contributed by atoms with E-state index in [1.54, 1.807) is 0 Å². The molecule has 2 aliphatic carbocycles. The Morgan fingerprint density at radius 2 is 1.88 bits per heavy atom. The first kappa shape index (κ1) is 17.3. The molecule has 0 radical (unpaired) electrons. The molecule has 25 heavy (non-hydrogen) atoms. The summed E-state index contributed by atoms with van der Waals surface area (Å²) >= 11 is 1.99. The topological polar surface area (TPSA) is 32.3 Å². The number of amides is 1. The van der Waals surface area contributed by atoms with Crippen molar-refractivity contribution in [2.24, 2.45) is 11.8 Å². The molecular weight excluding hydrogens is 342 g/mol. The van der Waals surface area contributed by atoms with Crippen molar-refractivity contribution in [1.82, 2.24) is 10.2 Å². The van der Waals surface area contributed by atoms with Gasteiger partial charge >= 0.3 is 0 Å². The molecule has 1 aromatic carbocycles. The first-order chi connectivity index (χ1) is 12.0. The average Bonchev–Trinajstić information content (AvgIpc) is 3.17. The number of rotatable bonds is 4. The minimum atomic E-state index is -2.49. The minimum Gasteiger partial charge on any atom is -0.349 e. The van der Waals surface area contributed by atoms with Gasteiger partial charge in [0.1, 0.15) is 0 Å². The van der Waals surface area contributed by atoms with Gasteiger partial charge in [-0.05, 0) is 37.0 Å². The normalized spacial score (nSPS) is 31.2. The van der Waals surface area contributed by atoms with Crippen LogP contribution in [0.5, 0.6) is 0 Å². The molecule has 0 bridgehead atoms. The molecule has 0 spiro atoms. The molecule has 3 fully saturated rings. The highest BCUT2D eigenvalue weighted by Crippen LogP contribution is 2.62. The van der Waals surface area contributed by atoms with Gasteiger partial charge in [-0.25, -0.2) is 8.78 Å². The summed E-state index contributed by atoms with van der Waals surface area (Å²) in [6, 6.07) is 7.58. The van der Waals surface area contributed by atoms with Gasteiger partial charge in [-0.3, -0.25) is 9.69 Å². The number of nitrogens with zero attached hydrogens (tertiary/aromatic N) is 1. The second kappa shape index (κ2) is 6.88. The molecule has 1 amide bonds. The number of halogens is 2. The Bertz CT molecular complexity index is 631. The zero-order chi connectivity index (χ0) is 17.4. The third-order valence-electron chi connectivity index (χ3n) is 5.79. The van der Waals surface area contributed by atoms with Crippen LogP contribution in [-0.2, 0) is 6.54 Å². The lowest BCUT2D eigenvalue weighted by molar-refractivity contribution is 0.0834. The molecule has 3 unspecified atom stereocenters. The summed E-state index contributed by atoms with van der Waals surface area (Å²) in [4.78, 5) is 14.8. The number of carbonyl (C=O) groups excluding carboxylic acids is 1. The summed E-state index contributed by atoms with van der Waals surface area (Å²) in [5.74, 6) is -1.22. The lowest BCUT2D eigenvalue weighted by atomic mass is 9.95. The van der Waals surface area contributed by atoms with E-state index in [0.29, 0.717) is 24.8 Å². The fraction of sp³-hybridized carbons (Fsp3) is 0.632. The highest BCUT2D eigenvalue weighted by Gasteiger charge is 2.68. The fourth-order valence-electron chi connectivity index (χ4n) is 4.16. The lowest BCUT2D eigenvalue weighted by Crippen LogP contribution is -2.36. The Hall–Kier alpha value is -1.14. The maximum atomic E-state index is 13.5. The third-order valence-corrected chi connectivity index (χ3v) is 6.73. The maximum Gasteiger partial charge on any atom is 0.254 e. The molecule has 6 heteroatoms. The van der Waals surface area contributed by atoms with Crippen LogP contribution in [0.3, 0.4) is 0 Å². The summed E-state index contributed by atoms with van der Waals surface area (Å²) in [7, 11) is 0. The largest absolute Gasteiger partial charge is 0.349 e. The number of benzene rings is 1. The van der Waals surface area contributed by atoms with Crippen LogP contribution in [0.1, 0.15) is 35.2 Å². The Kier molecular flexibility index (Phi) is 4.75. The molecule has 1 heterocycles. The van der Waals surface area contributed by atoms with Crippen molar-refractivity contribution < 1.29 is 13.6 Å². The van der Waals surface area contributed by atoms with Crippen LogP contribution in [0.2, 0.25) is 0 Å². The second-order valence-corrected chi connectivity index (χ2v) is 8.68. The number of thioether (sulfide) groups is 1. The Labute approximate surface area is 151 Å². The van der Waals surface area contributed by atoms with Crippen LogP contribution in [-0.4, -0.2) is 47.4 Å². The SMILES string of the molecule is O=C(NC1CCC2C(C1)C2(F)F)c1ccc(CN2CCSCC2)cc1. The third kappa shape index (κ3) is 3.70. The molecule has 136 valence electrons. The van der Waals surface area contributed by atoms with Crippen molar-refractivity contribution in [3.8, 4) is 0 Å². The van der Waals surface area contributed by atoms with E-state index in [1.165, 1.54) is 17.1 Å². The zero-order valence-corrected chi connectivity index (χ0v) is 15.0. The molecule has 0 aromatic heterocycles. The summed E-state index contributed by atoms with van der Waals surface area (Å²) in [6.45, 7) is 3.14. The van der Waals surface area contributed by atoms with Crippen molar-refractivity contribution in [3.63, 3.8) is 0 Å². The van der Waals surface area contributed by atoms with E-state index in [4.69, 9.17) is 0 Å². The zero-order valence-electron chi connectivity index (χ0n) is 14.2. The monoisotopic (exact) mass is 366 g/mol. The van der Waals surface area contributed by atoms with E-state index in [9.17, 15) is 13.6 Å². The van der Waals surface area contributed by atoms with Crippen molar-refractivity contribution in [3.05, 3.63) is 35.4 Å². The summed E-state index contributed by atoms with van der Waals surface area (Å²) < 4.78 is 26.9. The Morgan fingerprint density at radius 1 is 1.16 bits per heavy atom. The Morgan fingerprint density at radius 3 is 2.56 bits per heavy atom. The molecule has 1 N–H and O–H groups in total. The van der Waals surface area contributed by atoms with Crippen molar-refractivity contribution in [2.75, 3.05) is 24.6 Å². The van der Waals surface area contributed by atoms with Crippen LogP contribution in [0.25, 0.3) is 0 Å². The van der Waals surface area contributed by atoms with Crippen molar-refractivity contribution in [1.29, 1.82) is 0 Å². The molecule has 3 aliphatic rings. The van der Waals surface area contributed by atoms with Gasteiger partial charge in [-0.1, -0.05) is 12.1 Å². The predicted molar refractivity (Wildman–Crippen MR) is 96.1 cm³/mol. The van der Waals surface area contributed by atoms with E-state index >= 15 is 0 Å². The van der Waals surface area contributed by atoms with E-state index in [0.717, 1.165) is 19.6 Å². The number of fused-ring (bicyclic) bond motifs is 1. The summed E-state index contributed by atoms with van der Waals surface area (Å²) in [5, 5.41) is 2.95. The number of hydrogen-bond donors (Lipinski definition) is 1. The number of nitrogens with one attached hydrogen (secondary N) is 1. The highest BCUT2D eigenvalue weighted by molar-refractivity contribution is 7.99. The quantitative estimate of drug-likeness (QED) is 0.886. The fourth-order valence-corrected chi connectivity index (χ4v) is 5.14. The van der Waals surface area contributed by atoms with Crippen LogP contribution in [0.4, 0.5) is 8.78 Å². The molecule has 3 nitrogen and oxygen atoms in total. The van der Waals surface area contributed by atoms with Gasteiger partial charge < -0.3 is 5.32 Å². The van der Waals surface area contributed by atoms with Crippen molar-refractivity contribution in [2.45, 2.75) is 37.8 Å².